The fourth-order valence-electron chi connectivity index (χ4n) is 2.29. The number of nitrogens with zero attached hydrogens (tertiary/aromatic N) is 1. The van der Waals surface area contributed by atoms with Crippen LogP contribution in [0.2, 0.25) is 0 Å². The van der Waals surface area contributed by atoms with Gasteiger partial charge in [-0.2, -0.15) is 0 Å². The van der Waals surface area contributed by atoms with Gasteiger partial charge in [-0.05, 0) is 0 Å². The summed E-state index contributed by atoms with van der Waals surface area (Å²) >= 11 is -2.95. The summed E-state index contributed by atoms with van der Waals surface area (Å²) in [5.74, 6) is -0.640. The Labute approximate surface area is 138 Å². The van der Waals surface area contributed by atoms with Crippen LogP contribution in [0.4, 0.5) is 0 Å². The van der Waals surface area contributed by atoms with E-state index in [9.17, 15) is 4.79 Å². The van der Waals surface area contributed by atoms with Crippen LogP contribution in [0, 0.1) is 11.3 Å². The van der Waals surface area contributed by atoms with Crippen molar-refractivity contribution in [1.29, 1.82) is 5.26 Å². The summed E-state index contributed by atoms with van der Waals surface area (Å²) in [6.45, 7) is 0. The third-order valence-electron chi connectivity index (χ3n) is 3.34. The van der Waals surface area contributed by atoms with Crippen LogP contribution in [0.5, 0.6) is 0 Å². The summed E-state index contributed by atoms with van der Waals surface area (Å²) in [5, 5.41) is 9.13. The Morgan fingerprint density at radius 1 is 0.955 bits per heavy atom. The Morgan fingerprint density at radius 3 is 1.77 bits per heavy atom. The van der Waals surface area contributed by atoms with Crippen molar-refractivity contribution in [3.63, 3.8) is 0 Å². The third kappa shape index (κ3) is 2.67. The van der Waals surface area contributed by atoms with Gasteiger partial charge >= 0.3 is 139 Å². The molecule has 0 aromatic heterocycles. The molecule has 2 aromatic rings. The van der Waals surface area contributed by atoms with Crippen molar-refractivity contribution in [2.45, 2.75) is 0 Å². The minimum absolute atomic E-state index is 0.0918. The normalized spacial score (nSPS) is 15.5. The fourth-order valence-corrected chi connectivity index (χ4v) is 29.1. The number of rotatable bonds is 3. The molecule has 1 aliphatic rings. The number of nitrogens with two attached hydrogens (primary N) is 1. The predicted octanol–water partition coefficient (Wildman–Crippen LogP) is 1.94. The van der Waals surface area contributed by atoms with Gasteiger partial charge in [0.05, 0.1) is 0 Å². The Hall–Kier alpha value is -1.36. The molecular formula is C16H12N2OS2Sn. The summed E-state index contributed by atoms with van der Waals surface area (Å²) in [5.41, 5.74) is 5.39. The van der Waals surface area contributed by atoms with Crippen molar-refractivity contribution in [2.24, 2.45) is 5.73 Å². The van der Waals surface area contributed by atoms with Gasteiger partial charge in [0.25, 0.3) is 0 Å². The van der Waals surface area contributed by atoms with E-state index in [1.807, 2.05) is 42.5 Å². The molecule has 2 aromatic carbocycles. The molecular weight excluding hydrogens is 419 g/mol. The zero-order valence-corrected chi connectivity index (χ0v) is 16.0. The molecule has 0 bridgehead atoms. The predicted molar refractivity (Wildman–Crippen MR) is 94.9 cm³/mol. The standard InChI is InChI=1S/2C6H5.C4H4N2OS2.Sn/c2*1-2-4-6-5-3-1;5-1-2(3(6)7)4(8)9;/h2*1-5H;8-9H,(H2,6,7);/q;;;+2/p-2. The van der Waals surface area contributed by atoms with E-state index in [1.165, 1.54) is 7.16 Å². The van der Waals surface area contributed by atoms with E-state index >= 15 is 0 Å². The SMILES string of the molecule is N#CC(C(N)=O)=C1[S][Sn]([c]2ccccc2)([c]2ccccc2)[S]1. The van der Waals surface area contributed by atoms with E-state index in [0.717, 1.165) is 4.24 Å². The van der Waals surface area contributed by atoms with E-state index in [4.69, 9.17) is 11.0 Å². The first-order valence-electron chi connectivity index (χ1n) is 6.60. The van der Waals surface area contributed by atoms with Crippen LogP contribution in [0.1, 0.15) is 0 Å². The third-order valence-corrected chi connectivity index (χ3v) is 32.1. The van der Waals surface area contributed by atoms with Crippen LogP contribution in [0.3, 0.4) is 0 Å². The molecule has 6 heteroatoms. The molecule has 108 valence electrons. The van der Waals surface area contributed by atoms with E-state index < -0.39 is 21.5 Å². The molecule has 0 unspecified atom stereocenters. The molecule has 1 fully saturated rings. The van der Waals surface area contributed by atoms with Crippen molar-refractivity contribution in [3.05, 3.63) is 70.5 Å². The van der Waals surface area contributed by atoms with Gasteiger partial charge in [0.15, 0.2) is 0 Å². The van der Waals surface area contributed by atoms with Gasteiger partial charge in [0.2, 0.25) is 0 Å². The summed E-state index contributed by atoms with van der Waals surface area (Å²) < 4.78 is 3.45. The minimum atomic E-state index is -2.95. The van der Waals surface area contributed by atoms with Gasteiger partial charge in [-0.25, -0.2) is 0 Å². The summed E-state index contributed by atoms with van der Waals surface area (Å²) in [6.07, 6.45) is 0. The molecule has 0 spiro atoms. The summed E-state index contributed by atoms with van der Waals surface area (Å²) in [4.78, 5) is 11.4. The molecule has 1 aliphatic heterocycles. The second kappa shape index (κ2) is 6.40. The Kier molecular flexibility index (Phi) is 4.52. The molecule has 0 saturated carbocycles. The van der Waals surface area contributed by atoms with E-state index in [-0.39, 0.29) is 5.57 Å². The number of hydrogen-bond acceptors (Lipinski definition) is 4. The maximum atomic E-state index is 11.4. The number of nitriles is 1. The molecule has 22 heavy (non-hydrogen) atoms. The van der Waals surface area contributed by atoms with Crippen LogP contribution in [-0.4, -0.2) is 21.5 Å². The monoisotopic (exact) mass is 432 g/mol. The average Bonchev–Trinajstić information content (AvgIpc) is 2.52. The van der Waals surface area contributed by atoms with Crippen molar-refractivity contribution < 1.29 is 4.79 Å². The van der Waals surface area contributed by atoms with Crippen LogP contribution in [-0.2, 0) is 4.79 Å². The molecule has 1 amide bonds. The topological polar surface area (TPSA) is 66.9 Å². The zero-order valence-electron chi connectivity index (χ0n) is 11.5. The second-order valence-electron chi connectivity index (χ2n) is 4.69. The van der Waals surface area contributed by atoms with Crippen molar-refractivity contribution in [1.82, 2.24) is 0 Å². The van der Waals surface area contributed by atoms with Crippen molar-refractivity contribution in [3.8, 4) is 6.07 Å². The molecule has 0 atom stereocenters. The molecule has 1 heterocycles. The maximum absolute atomic E-state index is 11.4. The summed E-state index contributed by atoms with van der Waals surface area (Å²) in [7, 11) is 3.44. The van der Waals surface area contributed by atoms with Crippen LogP contribution in [0.15, 0.2) is 70.5 Å². The second-order valence-corrected chi connectivity index (χ2v) is 26.4. The number of carbonyl (C=O) groups is 1. The quantitative estimate of drug-likeness (QED) is 0.459. The van der Waals surface area contributed by atoms with Gasteiger partial charge in [-0.15, -0.1) is 0 Å². The molecule has 1 saturated heterocycles. The zero-order chi connectivity index (χ0) is 15.6. The van der Waals surface area contributed by atoms with Crippen molar-refractivity contribution >= 4 is 46.6 Å². The average molecular weight is 431 g/mol. The van der Waals surface area contributed by atoms with E-state index in [2.05, 4.69) is 24.3 Å². The summed E-state index contributed by atoms with van der Waals surface area (Å²) in [6, 6.07) is 22.7. The number of benzene rings is 2. The molecule has 0 aliphatic carbocycles. The van der Waals surface area contributed by atoms with Crippen LogP contribution in [0.25, 0.3) is 0 Å². The number of primary amides is 1. The van der Waals surface area contributed by atoms with E-state index in [0.29, 0.717) is 0 Å². The number of amides is 1. The van der Waals surface area contributed by atoms with Gasteiger partial charge < -0.3 is 0 Å². The Morgan fingerprint density at radius 2 is 1.41 bits per heavy atom. The number of hydrogen-bond donors (Lipinski definition) is 1. The van der Waals surface area contributed by atoms with E-state index in [1.54, 1.807) is 17.9 Å². The van der Waals surface area contributed by atoms with Gasteiger partial charge in [0.1, 0.15) is 0 Å². The van der Waals surface area contributed by atoms with Gasteiger partial charge in [-0.3, -0.25) is 0 Å². The first-order valence-corrected chi connectivity index (χ1v) is 18.1. The van der Waals surface area contributed by atoms with Crippen LogP contribution >= 0.6 is 17.9 Å². The molecule has 2 N–H and O–H groups in total. The molecule has 3 rings (SSSR count). The Balaban J connectivity index is 2.07. The van der Waals surface area contributed by atoms with Crippen LogP contribution < -0.4 is 12.9 Å². The molecule has 0 radical (unpaired) electrons. The Bertz CT molecular complexity index is 735. The first kappa shape index (κ1) is 15.5. The first-order chi connectivity index (χ1) is 10.7. The van der Waals surface area contributed by atoms with Crippen molar-refractivity contribution in [2.75, 3.05) is 0 Å². The van der Waals surface area contributed by atoms with Gasteiger partial charge in [-0.1, -0.05) is 0 Å². The number of carbonyl (C=O) groups excluding carboxylic acids is 1. The fraction of sp³-hybridized carbons (Fsp3) is 0. The van der Waals surface area contributed by atoms with Gasteiger partial charge in [0, 0.05) is 0 Å². The molecule has 3 nitrogen and oxygen atoms in total.